The highest BCUT2D eigenvalue weighted by molar-refractivity contribution is 5.81. The first kappa shape index (κ1) is 9.30. The van der Waals surface area contributed by atoms with Gasteiger partial charge in [0.25, 0.3) is 0 Å². The van der Waals surface area contributed by atoms with Gasteiger partial charge in [-0.25, -0.2) is 0 Å². The summed E-state index contributed by atoms with van der Waals surface area (Å²) in [4.78, 5) is 11.3. The Morgan fingerprint density at radius 1 is 1.58 bits per heavy atom. The molecule has 0 saturated heterocycles. The average molecular weight is 167 g/mol. The zero-order valence-electron chi connectivity index (χ0n) is 7.68. The SMILES string of the molecule is CCCC1(C(N)=O)CC=CCC1. The average Bonchev–Trinajstić information content (AvgIpc) is 2.06. The van der Waals surface area contributed by atoms with E-state index in [0.29, 0.717) is 0 Å². The van der Waals surface area contributed by atoms with Crippen LogP contribution in [-0.4, -0.2) is 5.91 Å². The van der Waals surface area contributed by atoms with Gasteiger partial charge in [0.05, 0.1) is 5.41 Å². The van der Waals surface area contributed by atoms with Crippen LogP contribution in [0.3, 0.4) is 0 Å². The van der Waals surface area contributed by atoms with E-state index in [0.717, 1.165) is 32.1 Å². The van der Waals surface area contributed by atoms with Gasteiger partial charge in [0.1, 0.15) is 0 Å². The molecule has 0 aromatic carbocycles. The second kappa shape index (κ2) is 3.74. The summed E-state index contributed by atoms with van der Waals surface area (Å²) in [6, 6.07) is 0. The molecule has 0 bridgehead atoms. The molecular weight excluding hydrogens is 150 g/mol. The van der Waals surface area contributed by atoms with Gasteiger partial charge < -0.3 is 5.73 Å². The van der Waals surface area contributed by atoms with Crippen molar-refractivity contribution in [1.29, 1.82) is 0 Å². The molecule has 0 fully saturated rings. The molecular formula is C10H17NO. The van der Waals surface area contributed by atoms with Gasteiger partial charge in [0.15, 0.2) is 0 Å². The van der Waals surface area contributed by atoms with Gasteiger partial charge in [-0.05, 0) is 25.7 Å². The van der Waals surface area contributed by atoms with Crippen molar-refractivity contribution >= 4 is 5.91 Å². The Kier molecular flexibility index (Phi) is 2.90. The highest BCUT2D eigenvalue weighted by atomic mass is 16.1. The lowest BCUT2D eigenvalue weighted by atomic mass is 9.73. The number of carbonyl (C=O) groups excluding carboxylic acids is 1. The summed E-state index contributed by atoms with van der Waals surface area (Å²) in [5, 5.41) is 0. The third-order valence-electron chi connectivity index (χ3n) is 2.72. The third kappa shape index (κ3) is 1.68. The number of allylic oxidation sites excluding steroid dienone is 2. The second-order valence-electron chi connectivity index (χ2n) is 3.61. The molecule has 0 saturated carbocycles. The second-order valence-corrected chi connectivity index (χ2v) is 3.61. The summed E-state index contributed by atoms with van der Waals surface area (Å²) in [6.07, 6.45) is 8.98. The first-order valence-electron chi connectivity index (χ1n) is 4.66. The van der Waals surface area contributed by atoms with Crippen LogP contribution in [-0.2, 0) is 4.79 Å². The Morgan fingerprint density at radius 3 is 2.75 bits per heavy atom. The zero-order chi connectivity index (χ0) is 9.03. The van der Waals surface area contributed by atoms with Gasteiger partial charge in [0.2, 0.25) is 5.91 Å². The maximum absolute atomic E-state index is 11.3. The van der Waals surface area contributed by atoms with Crippen LogP contribution in [0.1, 0.15) is 39.0 Å². The van der Waals surface area contributed by atoms with Crippen LogP contribution in [0, 0.1) is 5.41 Å². The summed E-state index contributed by atoms with van der Waals surface area (Å²) < 4.78 is 0. The van der Waals surface area contributed by atoms with Gasteiger partial charge in [-0.3, -0.25) is 4.79 Å². The molecule has 0 radical (unpaired) electrons. The Labute approximate surface area is 73.8 Å². The van der Waals surface area contributed by atoms with Crippen molar-refractivity contribution in [3.05, 3.63) is 12.2 Å². The van der Waals surface area contributed by atoms with Gasteiger partial charge in [-0.2, -0.15) is 0 Å². The van der Waals surface area contributed by atoms with Crippen LogP contribution < -0.4 is 5.73 Å². The smallest absolute Gasteiger partial charge is 0.223 e. The normalized spacial score (nSPS) is 28.8. The highest BCUT2D eigenvalue weighted by Gasteiger charge is 2.34. The standard InChI is InChI=1S/C10H17NO/c1-2-6-10(9(11)12)7-4-3-5-8-10/h3-4H,2,5-8H2,1H3,(H2,11,12). The molecule has 2 N–H and O–H groups in total. The Balaban J connectivity index is 2.71. The first-order chi connectivity index (χ1) is 5.71. The molecule has 0 aromatic heterocycles. The molecule has 68 valence electrons. The molecule has 0 aliphatic heterocycles. The molecule has 1 unspecified atom stereocenters. The summed E-state index contributed by atoms with van der Waals surface area (Å²) in [5.41, 5.74) is 5.20. The van der Waals surface area contributed by atoms with Crippen molar-refractivity contribution in [2.75, 3.05) is 0 Å². The molecule has 2 heteroatoms. The van der Waals surface area contributed by atoms with Gasteiger partial charge in [-0.15, -0.1) is 0 Å². The number of hydrogen-bond donors (Lipinski definition) is 1. The van der Waals surface area contributed by atoms with Crippen LogP contribution in [0.25, 0.3) is 0 Å². The van der Waals surface area contributed by atoms with Gasteiger partial charge in [0, 0.05) is 0 Å². The molecule has 1 aliphatic rings. The van der Waals surface area contributed by atoms with Crippen molar-refractivity contribution in [2.45, 2.75) is 39.0 Å². The van der Waals surface area contributed by atoms with Gasteiger partial charge in [-0.1, -0.05) is 25.5 Å². The van der Waals surface area contributed by atoms with E-state index in [4.69, 9.17) is 5.73 Å². The largest absolute Gasteiger partial charge is 0.369 e. The molecule has 0 aromatic rings. The predicted molar refractivity (Wildman–Crippen MR) is 49.5 cm³/mol. The van der Waals surface area contributed by atoms with Gasteiger partial charge >= 0.3 is 0 Å². The van der Waals surface area contributed by atoms with E-state index >= 15 is 0 Å². The first-order valence-corrected chi connectivity index (χ1v) is 4.66. The highest BCUT2D eigenvalue weighted by Crippen LogP contribution is 2.36. The van der Waals surface area contributed by atoms with E-state index in [2.05, 4.69) is 19.1 Å². The van der Waals surface area contributed by atoms with Crippen molar-refractivity contribution in [3.8, 4) is 0 Å². The lowest BCUT2D eigenvalue weighted by Gasteiger charge is -2.31. The van der Waals surface area contributed by atoms with E-state index in [-0.39, 0.29) is 11.3 Å². The van der Waals surface area contributed by atoms with E-state index < -0.39 is 0 Å². The van der Waals surface area contributed by atoms with Crippen LogP contribution in [0.5, 0.6) is 0 Å². The van der Waals surface area contributed by atoms with Crippen molar-refractivity contribution < 1.29 is 4.79 Å². The Morgan fingerprint density at radius 2 is 2.33 bits per heavy atom. The minimum Gasteiger partial charge on any atom is -0.369 e. The van der Waals surface area contributed by atoms with Crippen molar-refractivity contribution in [3.63, 3.8) is 0 Å². The zero-order valence-corrected chi connectivity index (χ0v) is 7.68. The van der Waals surface area contributed by atoms with Crippen LogP contribution in [0.4, 0.5) is 0 Å². The number of nitrogens with two attached hydrogens (primary N) is 1. The number of amides is 1. The van der Waals surface area contributed by atoms with Crippen molar-refractivity contribution in [1.82, 2.24) is 0 Å². The topological polar surface area (TPSA) is 43.1 Å². The van der Waals surface area contributed by atoms with Crippen molar-refractivity contribution in [2.24, 2.45) is 11.1 Å². The number of hydrogen-bond acceptors (Lipinski definition) is 1. The molecule has 1 rings (SSSR count). The number of primary amides is 1. The van der Waals surface area contributed by atoms with E-state index in [1.165, 1.54) is 0 Å². The molecule has 1 atom stereocenters. The molecule has 0 spiro atoms. The fourth-order valence-electron chi connectivity index (χ4n) is 1.94. The third-order valence-corrected chi connectivity index (χ3v) is 2.72. The lowest BCUT2D eigenvalue weighted by Crippen LogP contribution is -2.37. The maximum Gasteiger partial charge on any atom is 0.223 e. The molecule has 12 heavy (non-hydrogen) atoms. The van der Waals surface area contributed by atoms with E-state index in [9.17, 15) is 4.79 Å². The molecule has 0 heterocycles. The van der Waals surface area contributed by atoms with Crippen LogP contribution in [0.2, 0.25) is 0 Å². The number of carbonyl (C=O) groups is 1. The Hall–Kier alpha value is -0.790. The van der Waals surface area contributed by atoms with E-state index in [1.54, 1.807) is 0 Å². The quantitative estimate of drug-likeness (QED) is 0.642. The summed E-state index contributed by atoms with van der Waals surface area (Å²) in [6.45, 7) is 2.10. The summed E-state index contributed by atoms with van der Waals surface area (Å²) in [7, 11) is 0. The van der Waals surface area contributed by atoms with Crippen LogP contribution in [0.15, 0.2) is 12.2 Å². The maximum atomic E-state index is 11.3. The van der Waals surface area contributed by atoms with Crippen LogP contribution >= 0.6 is 0 Å². The molecule has 1 aliphatic carbocycles. The molecule has 2 nitrogen and oxygen atoms in total. The fraction of sp³-hybridized carbons (Fsp3) is 0.700. The molecule has 1 amide bonds. The Bertz CT molecular complexity index is 198. The monoisotopic (exact) mass is 167 g/mol. The lowest BCUT2D eigenvalue weighted by molar-refractivity contribution is -0.128. The summed E-state index contributed by atoms with van der Waals surface area (Å²) in [5.74, 6) is -0.117. The summed E-state index contributed by atoms with van der Waals surface area (Å²) >= 11 is 0. The minimum absolute atomic E-state index is 0.117. The minimum atomic E-state index is -0.219. The number of rotatable bonds is 3. The van der Waals surface area contributed by atoms with E-state index in [1.807, 2.05) is 0 Å². The predicted octanol–water partition coefficient (Wildman–Crippen LogP) is 2.00. The fourth-order valence-corrected chi connectivity index (χ4v) is 1.94.